The lowest BCUT2D eigenvalue weighted by atomic mass is 10.0. The van der Waals surface area contributed by atoms with Crippen LogP contribution in [0, 0.1) is 0 Å². The van der Waals surface area contributed by atoms with Crippen LogP contribution in [-0.2, 0) is 0 Å². The van der Waals surface area contributed by atoms with Crippen molar-refractivity contribution >= 4 is 71.6 Å². The summed E-state index contributed by atoms with van der Waals surface area (Å²) in [5, 5.41) is 7.09. The molecule has 9 aromatic carbocycles. The number of nitrogens with zero attached hydrogens (tertiary/aromatic N) is 2. The van der Waals surface area contributed by atoms with Gasteiger partial charge in [0.1, 0.15) is 11.2 Å². The van der Waals surface area contributed by atoms with Crippen molar-refractivity contribution in [1.29, 1.82) is 0 Å². The molecule has 0 aliphatic carbocycles. The van der Waals surface area contributed by atoms with Gasteiger partial charge in [-0.1, -0.05) is 127 Å². The van der Waals surface area contributed by atoms with E-state index in [9.17, 15) is 0 Å². The summed E-state index contributed by atoms with van der Waals surface area (Å²) in [7, 11) is 0. The maximum atomic E-state index is 6.33. The fourth-order valence-corrected chi connectivity index (χ4v) is 8.37. The van der Waals surface area contributed by atoms with Crippen molar-refractivity contribution < 1.29 is 4.42 Å². The third-order valence-corrected chi connectivity index (χ3v) is 10.9. The Morgan fingerprint density at radius 2 is 0.982 bits per heavy atom. The molecule has 0 saturated heterocycles. The summed E-state index contributed by atoms with van der Waals surface area (Å²) in [5.74, 6) is 0. The molecule has 3 nitrogen and oxygen atoms in total. The number of aromatic nitrogens is 1. The van der Waals surface area contributed by atoms with Crippen molar-refractivity contribution in [3.63, 3.8) is 0 Å². The van der Waals surface area contributed by atoms with E-state index in [1.54, 1.807) is 0 Å². The highest BCUT2D eigenvalue weighted by Crippen LogP contribution is 2.45. The zero-order valence-corrected chi connectivity index (χ0v) is 29.9. The predicted molar refractivity (Wildman–Crippen MR) is 231 cm³/mol. The van der Waals surface area contributed by atoms with Gasteiger partial charge in [-0.2, -0.15) is 0 Å². The van der Waals surface area contributed by atoms with E-state index in [4.69, 9.17) is 4.42 Å². The standard InChI is InChI=1S/C52H34N2O/c1-3-13-35(14-4-1)37-17-11-20-43(31-37)53(48-23-12-24-49-52(48)44-21-9-10-22-47(44)54(49)41-18-5-2-6-19-41)42-28-25-36(26-29-42)40-27-30-50-45(33-40)46-32-38-15-7-8-16-39(38)34-51(46)55-50/h1-34H. The number of furan rings is 1. The van der Waals surface area contributed by atoms with E-state index in [1.807, 2.05) is 0 Å². The van der Waals surface area contributed by atoms with Gasteiger partial charge in [0.05, 0.1) is 16.7 Å². The minimum absolute atomic E-state index is 0.901. The largest absolute Gasteiger partial charge is 0.456 e. The monoisotopic (exact) mass is 702 g/mol. The molecule has 0 atom stereocenters. The first kappa shape index (κ1) is 31.2. The van der Waals surface area contributed by atoms with Gasteiger partial charge in [0, 0.05) is 38.6 Å². The van der Waals surface area contributed by atoms with Crippen LogP contribution in [0.4, 0.5) is 17.1 Å². The SMILES string of the molecule is c1ccc(-c2cccc(N(c3ccc(-c4ccc5oc6cc7ccccc7cc6c5c4)cc3)c3cccc4c3c3ccccc3n4-c3ccccc3)c2)cc1. The number of para-hydroxylation sites is 2. The lowest BCUT2D eigenvalue weighted by Crippen LogP contribution is -2.10. The summed E-state index contributed by atoms with van der Waals surface area (Å²) < 4.78 is 8.71. The highest BCUT2D eigenvalue weighted by molar-refractivity contribution is 6.17. The van der Waals surface area contributed by atoms with Crippen LogP contribution in [-0.4, -0.2) is 4.57 Å². The molecule has 0 aliphatic rings. The second kappa shape index (κ2) is 12.6. The van der Waals surface area contributed by atoms with Gasteiger partial charge in [0.25, 0.3) is 0 Å². The molecule has 0 unspecified atom stereocenters. The summed E-state index contributed by atoms with van der Waals surface area (Å²) in [4.78, 5) is 2.41. The molecule has 55 heavy (non-hydrogen) atoms. The van der Waals surface area contributed by atoms with Gasteiger partial charge in [-0.25, -0.2) is 0 Å². The van der Waals surface area contributed by atoms with Crippen molar-refractivity contribution in [3.05, 3.63) is 206 Å². The first-order valence-electron chi connectivity index (χ1n) is 18.8. The Morgan fingerprint density at radius 3 is 1.82 bits per heavy atom. The van der Waals surface area contributed by atoms with Gasteiger partial charge in [-0.3, -0.25) is 0 Å². The number of rotatable bonds is 6. The van der Waals surface area contributed by atoms with E-state index in [-0.39, 0.29) is 0 Å². The molecule has 0 radical (unpaired) electrons. The Labute approximate surface area is 318 Å². The maximum Gasteiger partial charge on any atom is 0.136 e. The minimum Gasteiger partial charge on any atom is -0.456 e. The molecule has 2 heterocycles. The molecule has 0 N–H and O–H groups in total. The Kier molecular flexibility index (Phi) is 7.17. The highest BCUT2D eigenvalue weighted by Gasteiger charge is 2.21. The third kappa shape index (κ3) is 5.20. The van der Waals surface area contributed by atoms with Gasteiger partial charge < -0.3 is 13.9 Å². The van der Waals surface area contributed by atoms with Crippen molar-refractivity contribution in [1.82, 2.24) is 4.57 Å². The van der Waals surface area contributed by atoms with E-state index in [0.717, 1.165) is 55.8 Å². The second-order valence-electron chi connectivity index (χ2n) is 14.2. The van der Waals surface area contributed by atoms with Crippen molar-refractivity contribution in [2.24, 2.45) is 0 Å². The highest BCUT2D eigenvalue weighted by atomic mass is 16.3. The third-order valence-electron chi connectivity index (χ3n) is 10.9. The Bertz CT molecular complexity index is 3190. The van der Waals surface area contributed by atoms with Crippen LogP contribution in [0.15, 0.2) is 211 Å². The topological polar surface area (TPSA) is 21.3 Å². The van der Waals surface area contributed by atoms with Gasteiger partial charge in [-0.05, 0) is 112 Å². The summed E-state index contributed by atoms with van der Waals surface area (Å²) in [6, 6.07) is 74.0. The molecule has 258 valence electrons. The molecule has 11 rings (SSSR count). The normalized spacial score (nSPS) is 11.6. The molecule has 11 aromatic rings. The number of benzene rings is 9. The van der Waals surface area contributed by atoms with Crippen LogP contribution >= 0.6 is 0 Å². The van der Waals surface area contributed by atoms with Gasteiger partial charge in [0.2, 0.25) is 0 Å². The molecule has 0 fully saturated rings. The first-order chi connectivity index (χ1) is 27.3. The Morgan fingerprint density at radius 1 is 0.364 bits per heavy atom. The molecule has 3 heteroatoms. The van der Waals surface area contributed by atoms with E-state index in [1.165, 1.54) is 43.7 Å². The average molecular weight is 703 g/mol. The van der Waals surface area contributed by atoms with Gasteiger partial charge in [-0.15, -0.1) is 0 Å². The molecular formula is C52H34N2O. The fraction of sp³-hybridized carbons (Fsp3) is 0. The summed E-state index contributed by atoms with van der Waals surface area (Å²) in [6.07, 6.45) is 0. The number of fused-ring (bicyclic) bond motifs is 7. The van der Waals surface area contributed by atoms with Crippen molar-refractivity contribution in [2.75, 3.05) is 4.90 Å². The molecular weight excluding hydrogens is 669 g/mol. The molecule has 0 saturated carbocycles. The van der Waals surface area contributed by atoms with E-state index in [0.29, 0.717) is 0 Å². The molecule has 2 aromatic heterocycles. The smallest absolute Gasteiger partial charge is 0.136 e. The quantitative estimate of drug-likeness (QED) is 0.172. The molecule has 0 spiro atoms. The van der Waals surface area contributed by atoms with Gasteiger partial charge >= 0.3 is 0 Å². The van der Waals surface area contributed by atoms with Crippen LogP contribution in [0.25, 0.3) is 82.5 Å². The van der Waals surface area contributed by atoms with Crippen molar-refractivity contribution in [3.8, 4) is 27.9 Å². The number of hydrogen-bond donors (Lipinski definition) is 0. The van der Waals surface area contributed by atoms with E-state index in [2.05, 4.69) is 216 Å². The minimum atomic E-state index is 0.901. The lowest BCUT2D eigenvalue weighted by molar-refractivity contribution is 0.669. The van der Waals surface area contributed by atoms with E-state index >= 15 is 0 Å². The summed E-state index contributed by atoms with van der Waals surface area (Å²) in [5.41, 5.74) is 13.3. The predicted octanol–water partition coefficient (Wildman–Crippen LogP) is 14.6. The first-order valence-corrected chi connectivity index (χ1v) is 18.8. The molecule has 0 aliphatic heterocycles. The van der Waals surface area contributed by atoms with Gasteiger partial charge in [0.15, 0.2) is 0 Å². The molecule has 0 bridgehead atoms. The lowest BCUT2D eigenvalue weighted by Gasteiger charge is -2.27. The average Bonchev–Trinajstić information content (AvgIpc) is 3.79. The number of hydrogen-bond acceptors (Lipinski definition) is 2. The van der Waals surface area contributed by atoms with E-state index < -0.39 is 0 Å². The maximum absolute atomic E-state index is 6.33. The Hall–Kier alpha value is -7.36. The zero-order chi connectivity index (χ0) is 36.3. The van der Waals surface area contributed by atoms with Crippen LogP contribution in [0.2, 0.25) is 0 Å². The van der Waals surface area contributed by atoms with Crippen molar-refractivity contribution in [2.45, 2.75) is 0 Å². The zero-order valence-electron chi connectivity index (χ0n) is 29.9. The summed E-state index contributed by atoms with van der Waals surface area (Å²) >= 11 is 0. The van der Waals surface area contributed by atoms with Crippen LogP contribution < -0.4 is 4.90 Å². The Balaban J connectivity index is 1.09. The van der Waals surface area contributed by atoms with Crippen LogP contribution in [0.5, 0.6) is 0 Å². The van der Waals surface area contributed by atoms with Crippen LogP contribution in [0.1, 0.15) is 0 Å². The van der Waals surface area contributed by atoms with Crippen LogP contribution in [0.3, 0.4) is 0 Å². The fourth-order valence-electron chi connectivity index (χ4n) is 8.37. The number of anilines is 3. The molecule has 0 amide bonds. The second-order valence-corrected chi connectivity index (χ2v) is 14.2. The summed E-state index contributed by atoms with van der Waals surface area (Å²) in [6.45, 7) is 0.